The number of nitrogens with two attached hydrogens (primary N) is 1. The van der Waals surface area contributed by atoms with Gasteiger partial charge >= 0.3 is 0 Å². The first-order valence-electron chi connectivity index (χ1n) is 6.41. The Hall–Kier alpha value is -1.72. The summed E-state index contributed by atoms with van der Waals surface area (Å²) in [6.07, 6.45) is 0.989. The van der Waals surface area contributed by atoms with E-state index in [1.54, 1.807) is 12.1 Å². The number of H-pyrrole nitrogens is 1. The van der Waals surface area contributed by atoms with Gasteiger partial charge in [-0.05, 0) is 24.6 Å². The highest BCUT2D eigenvalue weighted by molar-refractivity contribution is 5.78. The fourth-order valence-electron chi connectivity index (χ4n) is 2.61. The minimum Gasteiger partial charge on any atom is -0.357 e. The third-order valence-electron chi connectivity index (χ3n) is 3.55. The van der Waals surface area contributed by atoms with Gasteiger partial charge in [-0.3, -0.25) is 9.69 Å². The second-order valence-corrected chi connectivity index (χ2v) is 5.13. The number of aromatic amines is 1. The van der Waals surface area contributed by atoms with Gasteiger partial charge in [0, 0.05) is 48.3 Å². The van der Waals surface area contributed by atoms with Crippen LogP contribution in [0.25, 0.3) is 10.9 Å². The maximum Gasteiger partial charge on any atom is 0.189 e. The molecule has 1 atom stereocenters. The average molecular weight is 261 g/mol. The molecular formula is C14H16FN3O. The molecule has 1 unspecified atom stereocenters. The van der Waals surface area contributed by atoms with E-state index in [1.165, 1.54) is 12.1 Å². The Morgan fingerprint density at radius 2 is 2.26 bits per heavy atom. The third-order valence-corrected chi connectivity index (χ3v) is 3.55. The van der Waals surface area contributed by atoms with Crippen molar-refractivity contribution in [3.8, 4) is 0 Å². The van der Waals surface area contributed by atoms with Crippen LogP contribution in [0.3, 0.4) is 0 Å². The van der Waals surface area contributed by atoms with Crippen molar-refractivity contribution < 1.29 is 4.39 Å². The summed E-state index contributed by atoms with van der Waals surface area (Å²) in [6, 6.07) is 6.00. The number of fused-ring (bicyclic) bond motifs is 1. The zero-order valence-electron chi connectivity index (χ0n) is 10.5. The second kappa shape index (κ2) is 4.75. The summed E-state index contributed by atoms with van der Waals surface area (Å²) in [5.41, 5.74) is 7.23. The van der Waals surface area contributed by atoms with E-state index in [9.17, 15) is 9.18 Å². The van der Waals surface area contributed by atoms with Gasteiger partial charge in [0.15, 0.2) is 5.43 Å². The minimum absolute atomic E-state index is 0.147. The lowest BCUT2D eigenvalue weighted by Crippen LogP contribution is -2.26. The SMILES string of the molecule is NC1CCN(Cc2cc(=O)c3cc(F)ccc3[nH]2)C1. The van der Waals surface area contributed by atoms with Crippen LogP contribution in [0.5, 0.6) is 0 Å². The Labute approximate surface area is 110 Å². The molecule has 0 bridgehead atoms. The Bertz CT molecular complexity index is 667. The van der Waals surface area contributed by atoms with Crippen molar-refractivity contribution in [1.29, 1.82) is 0 Å². The number of likely N-dealkylation sites (tertiary alicyclic amines) is 1. The van der Waals surface area contributed by atoms with Crippen molar-refractivity contribution in [3.63, 3.8) is 0 Å². The van der Waals surface area contributed by atoms with Crippen molar-refractivity contribution in [2.75, 3.05) is 13.1 Å². The lowest BCUT2D eigenvalue weighted by Gasteiger charge is -2.15. The highest BCUT2D eigenvalue weighted by atomic mass is 19.1. The van der Waals surface area contributed by atoms with E-state index in [1.807, 2.05) is 0 Å². The van der Waals surface area contributed by atoms with E-state index in [-0.39, 0.29) is 11.5 Å². The molecule has 2 aromatic rings. The molecule has 5 heteroatoms. The number of rotatable bonds is 2. The molecule has 0 radical (unpaired) electrons. The van der Waals surface area contributed by atoms with Crippen molar-refractivity contribution in [2.24, 2.45) is 5.73 Å². The Morgan fingerprint density at radius 1 is 1.42 bits per heavy atom. The van der Waals surface area contributed by atoms with Gasteiger partial charge in [-0.1, -0.05) is 0 Å². The molecule has 1 aliphatic rings. The van der Waals surface area contributed by atoms with Gasteiger partial charge in [-0.25, -0.2) is 4.39 Å². The Balaban J connectivity index is 1.93. The molecule has 1 fully saturated rings. The summed E-state index contributed by atoms with van der Waals surface area (Å²) in [7, 11) is 0. The fraction of sp³-hybridized carbons (Fsp3) is 0.357. The molecule has 0 spiro atoms. The standard InChI is InChI=1S/C14H16FN3O/c15-9-1-2-13-12(5-9)14(19)6-11(17-13)8-18-4-3-10(16)7-18/h1-2,5-6,10H,3-4,7-8,16H2,(H,17,19). The van der Waals surface area contributed by atoms with E-state index in [2.05, 4.69) is 9.88 Å². The third kappa shape index (κ3) is 2.52. The van der Waals surface area contributed by atoms with Gasteiger partial charge in [0.1, 0.15) is 5.82 Å². The minimum atomic E-state index is -0.392. The van der Waals surface area contributed by atoms with E-state index < -0.39 is 5.82 Å². The average Bonchev–Trinajstić information content (AvgIpc) is 2.76. The number of benzene rings is 1. The van der Waals surface area contributed by atoms with Gasteiger partial charge in [0.25, 0.3) is 0 Å². The first-order valence-corrected chi connectivity index (χ1v) is 6.41. The van der Waals surface area contributed by atoms with Gasteiger partial charge in [0.05, 0.1) is 0 Å². The number of halogens is 1. The molecule has 0 saturated carbocycles. The van der Waals surface area contributed by atoms with E-state index in [0.29, 0.717) is 17.4 Å². The van der Waals surface area contributed by atoms with Gasteiger partial charge < -0.3 is 10.7 Å². The summed E-state index contributed by atoms with van der Waals surface area (Å²) in [6.45, 7) is 2.48. The Morgan fingerprint density at radius 3 is 3.00 bits per heavy atom. The summed E-state index contributed by atoms with van der Waals surface area (Å²) in [5.74, 6) is -0.392. The van der Waals surface area contributed by atoms with Crippen LogP contribution in [0.15, 0.2) is 29.1 Å². The first-order chi connectivity index (χ1) is 9.11. The van der Waals surface area contributed by atoms with Crippen molar-refractivity contribution in [1.82, 2.24) is 9.88 Å². The van der Waals surface area contributed by atoms with Crippen molar-refractivity contribution in [2.45, 2.75) is 19.0 Å². The van der Waals surface area contributed by atoms with Crippen LogP contribution >= 0.6 is 0 Å². The van der Waals surface area contributed by atoms with Crippen LogP contribution < -0.4 is 11.2 Å². The van der Waals surface area contributed by atoms with Crippen LogP contribution in [0, 0.1) is 5.82 Å². The van der Waals surface area contributed by atoms with E-state index in [4.69, 9.17) is 5.73 Å². The van der Waals surface area contributed by atoms with E-state index in [0.717, 1.165) is 25.2 Å². The Kier molecular flexibility index (Phi) is 3.08. The molecule has 3 N–H and O–H groups in total. The molecular weight excluding hydrogens is 245 g/mol. The number of pyridine rings is 1. The summed E-state index contributed by atoms with van der Waals surface area (Å²) >= 11 is 0. The molecule has 3 rings (SSSR count). The largest absolute Gasteiger partial charge is 0.357 e. The second-order valence-electron chi connectivity index (χ2n) is 5.13. The number of aromatic nitrogens is 1. The fourth-order valence-corrected chi connectivity index (χ4v) is 2.61. The maximum atomic E-state index is 13.1. The maximum absolute atomic E-state index is 13.1. The summed E-state index contributed by atoms with van der Waals surface area (Å²) in [4.78, 5) is 17.4. The van der Waals surface area contributed by atoms with Gasteiger partial charge in [-0.15, -0.1) is 0 Å². The smallest absolute Gasteiger partial charge is 0.189 e. The van der Waals surface area contributed by atoms with Crippen LogP contribution in [-0.2, 0) is 6.54 Å². The summed E-state index contributed by atoms with van der Waals surface area (Å²) < 4.78 is 13.1. The van der Waals surface area contributed by atoms with Gasteiger partial charge in [0.2, 0.25) is 0 Å². The molecule has 1 aromatic carbocycles. The number of hydrogen-bond acceptors (Lipinski definition) is 3. The predicted octanol–water partition coefficient (Wildman–Crippen LogP) is 1.20. The molecule has 1 aliphatic heterocycles. The molecule has 0 aliphatic carbocycles. The molecule has 1 aromatic heterocycles. The topological polar surface area (TPSA) is 62.1 Å². The molecule has 2 heterocycles. The summed E-state index contributed by atoms with van der Waals surface area (Å²) in [5, 5.41) is 0.391. The lowest BCUT2D eigenvalue weighted by molar-refractivity contribution is 0.323. The molecule has 100 valence electrons. The number of nitrogens with zero attached hydrogens (tertiary/aromatic N) is 1. The monoisotopic (exact) mass is 261 g/mol. The lowest BCUT2D eigenvalue weighted by atomic mass is 10.2. The predicted molar refractivity (Wildman–Crippen MR) is 72.4 cm³/mol. The van der Waals surface area contributed by atoms with Crippen LogP contribution in [0.4, 0.5) is 4.39 Å². The van der Waals surface area contributed by atoms with Crippen molar-refractivity contribution >= 4 is 10.9 Å². The molecule has 4 nitrogen and oxygen atoms in total. The quantitative estimate of drug-likeness (QED) is 0.854. The number of nitrogens with one attached hydrogen (secondary N) is 1. The molecule has 19 heavy (non-hydrogen) atoms. The van der Waals surface area contributed by atoms with Gasteiger partial charge in [-0.2, -0.15) is 0 Å². The van der Waals surface area contributed by atoms with Crippen LogP contribution in [0.2, 0.25) is 0 Å². The molecule has 1 saturated heterocycles. The first kappa shape index (κ1) is 12.3. The van der Waals surface area contributed by atoms with Crippen LogP contribution in [-0.4, -0.2) is 29.0 Å². The number of hydrogen-bond donors (Lipinski definition) is 2. The van der Waals surface area contributed by atoms with E-state index >= 15 is 0 Å². The highest BCUT2D eigenvalue weighted by Gasteiger charge is 2.19. The zero-order chi connectivity index (χ0) is 13.4. The van der Waals surface area contributed by atoms with Crippen molar-refractivity contribution in [3.05, 3.63) is 46.0 Å². The highest BCUT2D eigenvalue weighted by Crippen LogP contribution is 2.14. The zero-order valence-corrected chi connectivity index (χ0v) is 10.5. The molecule has 0 amide bonds. The normalized spacial score (nSPS) is 20.2. The van der Waals surface area contributed by atoms with Crippen LogP contribution in [0.1, 0.15) is 12.1 Å².